The van der Waals surface area contributed by atoms with Crippen LogP contribution in [0.1, 0.15) is 18.4 Å². The summed E-state index contributed by atoms with van der Waals surface area (Å²) < 4.78 is 0. The van der Waals surface area contributed by atoms with Gasteiger partial charge in [-0.1, -0.05) is 0 Å². The summed E-state index contributed by atoms with van der Waals surface area (Å²) in [5, 5.41) is 3.54. The lowest BCUT2D eigenvalue weighted by molar-refractivity contribution is 0.206. The maximum atomic E-state index is 4.02. The summed E-state index contributed by atoms with van der Waals surface area (Å²) in [4.78, 5) is 6.45. The lowest BCUT2D eigenvalue weighted by Gasteiger charge is -2.29. The van der Waals surface area contributed by atoms with Crippen LogP contribution in [0, 0.1) is 5.92 Å². The molecule has 1 aliphatic rings. The fraction of sp³-hybridized carbons (Fsp3) is 0.615. The van der Waals surface area contributed by atoms with E-state index in [1.54, 1.807) is 0 Å². The van der Waals surface area contributed by atoms with Crippen molar-refractivity contribution in [3.8, 4) is 0 Å². The molecule has 3 nitrogen and oxygen atoms in total. The summed E-state index contributed by atoms with van der Waals surface area (Å²) in [5.74, 6) is 0.820. The molecule has 1 aliphatic heterocycles. The predicted molar refractivity (Wildman–Crippen MR) is 66.2 cm³/mol. The van der Waals surface area contributed by atoms with Crippen molar-refractivity contribution < 1.29 is 0 Å². The molecule has 0 bridgehead atoms. The smallest absolute Gasteiger partial charge is 0.0271 e. The predicted octanol–water partition coefficient (Wildman–Crippen LogP) is 1.51. The van der Waals surface area contributed by atoms with Gasteiger partial charge in [0, 0.05) is 25.5 Å². The van der Waals surface area contributed by atoms with E-state index in [0.717, 1.165) is 19.0 Å². The Hall–Kier alpha value is -0.930. The first-order valence-corrected chi connectivity index (χ1v) is 6.13. The fourth-order valence-corrected chi connectivity index (χ4v) is 2.36. The number of aromatic nitrogens is 1. The van der Waals surface area contributed by atoms with Crippen molar-refractivity contribution >= 4 is 0 Å². The Balaban J connectivity index is 1.68. The average molecular weight is 219 g/mol. The number of hydrogen-bond acceptors (Lipinski definition) is 3. The molecule has 1 atom stereocenters. The van der Waals surface area contributed by atoms with Crippen molar-refractivity contribution in [2.75, 3.05) is 26.7 Å². The standard InChI is InChI=1S/C13H21N3/c1-16-8-2-3-13(11-16)10-15-9-12-4-6-14-7-5-12/h4-7,13,15H,2-3,8-11H2,1H3. The molecule has 2 rings (SSSR count). The molecule has 1 unspecified atom stereocenters. The number of likely N-dealkylation sites (tertiary alicyclic amines) is 1. The van der Waals surface area contributed by atoms with Crippen LogP contribution in [0.2, 0.25) is 0 Å². The zero-order chi connectivity index (χ0) is 11.2. The minimum atomic E-state index is 0.820. The van der Waals surface area contributed by atoms with E-state index in [1.165, 1.54) is 31.5 Å². The van der Waals surface area contributed by atoms with E-state index in [1.807, 2.05) is 12.4 Å². The maximum absolute atomic E-state index is 4.02. The first-order valence-electron chi connectivity index (χ1n) is 6.13. The summed E-state index contributed by atoms with van der Waals surface area (Å²) in [6.45, 7) is 4.60. The Bertz CT molecular complexity index is 299. The largest absolute Gasteiger partial charge is 0.312 e. The lowest BCUT2D eigenvalue weighted by Crippen LogP contribution is -2.37. The number of pyridine rings is 1. The van der Waals surface area contributed by atoms with Gasteiger partial charge in [-0.15, -0.1) is 0 Å². The highest BCUT2D eigenvalue weighted by Gasteiger charge is 2.16. The summed E-state index contributed by atoms with van der Waals surface area (Å²) >= 11 is 0. The zero-order valence-corrected chi connectivity index (χ0v) is 10.0. The quantitative estimate of drug-likeness (QED) is 0.832. The molecule has 1 aromatic heterocycles. The monoisotopic (exact) mass is 219 g/mol. The SMILES string of the molecule is CN1CCCC(CNCc2ccncc2)C1. The minimum absolute atomic E-state index is 0.820. The van der Waals surface area contributed by atoms with Gasteiger partial charge in [0.1, 0.15) is 0 Å². The van der Waals surface area contributed by atoms with Crippen LogP contribution >= 0.6 is 0 Å². The second kappa shape index (κ2) is 5.97. The van der Waals surface area contributed by atoms with Gasteiger partial charge < -0.3 is 10.2 Å². The number of rotatable bonds is 4. The van der Waals surface area contributed by atoms with Crippen LogP contribution in [0.5, 0.6) is 0 Å². The lowest BCUT2D eigenvalue weighted by atomic mass is 9.98. The molecule has 2 heterocycles. The van der Waals surface area contributed by atoms with E-state index in [0.29, 0.717) is 0 Å². The van der Waals surface area contributed by atoms with Crippen molar-refractivity contribution in [3.05, 3.63) is 30.1 Å². The van der Waals surface area contributed by atoms with E-state index < -0.39 is 0 Å². The third kappa shape index (κ3) is 3.58. The van der Waals surface area contributed by atoms with Gasteiger partial charge in [0.2, 0.25) is 0 Å². The average Bonchev–Trinajstić information content (AvgIpc) is 2.30. The van der Waals surface area contributed by atoms with Crippen molar-refractivity contribution in [1.29, 1.82) is 0 Å². The Morgan fingerprint density at radius 1 is 1.44 bits per heavy atom. The molecule has 1 fully saturated rings. The molecule has 0 spiro atoms. The van der Waals surface area contributed by atoms with Crippen molar-refractivity contribution in [2.45, 2.75) is 19.4 Å². The number of nitrogens with zero attached hydrogens (tertiary/aromatic N) is 2. The van der Waals surface area contributed by atoms with Crippen LogP contribution in [0.15, 0.2) is 24.5 Å². The van der Waals surface area contributed by atoms with E-state index in [4.69, 9.17) is 0 Å². The second-order valence-electron chi connectivity index (χ2n) is 4.76. The van der Waals surface area contributed by atoms with Crippen molar-refractivity contribution in [3.63, 3.8) is 0 Å². The molecule has 0 aromatic carbocycles. The molecule has 0 radical (unpaired) electrons. The van der Waals surface area contributed by atoms with Crippen LogP contribution in [0.3, 0.4) is 0 Å². The van der Waals surface area contributed by atoms with Gasteiger partial charge in [0.05, 0.1) is 0 Å². The first kappa shape index (κ1) is 11.6. The van der Waals surface area contributed by atoms with Crippen LogP contribution in [-0.4, -0.2) is 36.6 Å². The van der Waals surface area contributed by atoms with E-state index in [9.17, 15) is 0 Å². The molecule has 3 heteroatoms. The summed E-state index contributed by atoms with van der Waals surface area (Å²) in [6, 6.07) is 4.14. The molecule has 0 aliphatic carbocycles. The third-order valence-corrected chi connectivity index (χ3v) is 3.23. The number of nitrogens with one attached hydrogen (secondary N) is 1. The maximum Gasteiger partial charge on any atom is 0.0271 e. The van der Waals surface area contributed by atoms with Crippen molar-refractivity contribution in [2.24, 2.45) is 5.92 Å². The van der Waals surface area contributed by atoms with Gasteiger partial charge >= 0.3 is 0 Å². The normalized spacial score (nSPS) is 22.2. The fourth-order valence-electron chi connectivity index (χ4n) is 2.36. The number of hydrogen-bond donors (Lipinski definition) is 1. The van der Waals surface area contributed by atoms with Crippen LogP contribution < -0.4 is 5.32 Å². The number of piperidine rings is 1. The molecule has 1 aromatic rings. The summed E-state index contributed by atoms with van der Waals surface area (Å²) in [7, 11) is 2.22. The molecule has 88 valence electrons. The molecule has 0 saturated carbocycles. The Morgan fingerprint density at radius 3 is 3.00 bits per heavy atom. The summed E-state index contributed by atoms with van der Waals surface area (Å²) in [5.41, 5.74) is 1.32. The Labute approximate surface area is 97.9 Å². The van der Waals surface area contributed by atoms with Crippen molar-refractivity contribution in [1.82, 2.24) is 15.2 Å². The Kier molecular flexibility index (Phi) is 4.31. The highest BCUT2D eigenvalue weighted by Crippen LogP contribution is 2.13. The van der Waals surface area contributed by atoms with Crippen LogP contribution in [0.25, 0.3) is 0 Å². The van der Waals surface area contributed by atoms with Gasteiger partial charge in [-0.05, 0) is 56.6 Å². The second-order valence-corrected chi connectivity index (χ2v) is 4.76. The molecule has 0 amide bonds. The first-order chi connectivity index (χ1) is 7.84. The minimum Gasteiger partial charge on any atom is -0.312 e. The topological polar surface area (TPSA) is 28.2 Å². The highest BCUT2D eigenvalue weighted by molar-refractivity contribution is 5.08. The molecular weight excluding hydrogens is 198 g/mol. The van der Waals surface area contributed by atoms with Gasteiger partial charge in [0.15, 0.2) is 0 Å². The van der Waals surface area contributed by atoms with Crippen LogP contribution in [0.4, 0.5) is 0 Å². The molecule has 1 N–H and O–H groups in total. The molecule has 16 heavy (non-hydrogen) atoms. The van der Waals surface area contributed by atoms with Gasteiger partial charge in [-0.2, -0.15) is 0 Å². The van der Waals surface area contributed by atoms with E-state index >= 15 is 0 Å². The van der Waals surface area contributed by atoms with Crippen LogP contribution in [-0.2, 0) is 6.54 Å². The van der Waals surface area contributed by atoms with E-state index in [-0.39, 0.29) is 0 Å². The summed E-state index contributed by atoms with van der Waals surface area (Å²) in [6.07, 6.45) is 6.42. The van der Waals surface area contributed by atoms with E-state index in [2.05, 4.69) is 34.4 Å². The zero-order valence-electron chi connectivity index (χ0n) is 10.0. The van der Waals surface area contributed by atoms with Gasteiger partial charge in [-0.25, -0.2) is 0 Å². The van der Waals surface area contributed by atoms with Gasteiger partial charge in [0.25, 0.3) is 0 Å². The molecular formula is C13H21N3. The van der Waals surface area contributed by atoms with Gasteiger partial charge in [-0.3, -0.25) is 4.98 Å². The molecule has 1 saturated heterocycles. The highest BCUT2D eigenvalue weighted by atomic mass is 15.1. The third-order valence-electron chi connectivity index (χ3n) is 3.23. The Morgan fingerprint density at radius 2 is 2.25 bits per heavy atom.